The van der Waals surface area contributed by atoms with Crippen LogP contribution in [0.3, 0.4) is 0 Å². The van der Waals surface area contributed by atoms with Gasteiger partial charge in [-0.15, -0.1) is 0 Å². The van der Waals surface area contributed by atoms with Gasteiger partial charge in [0.15, 0.2) is 0 Å². The van der Waals surface area contributed by atoms with Gasteiger partial charge in [-0.1, -0.05) is 11.8 Å². The van der Waals surface area contributed by atoms with Gasteiger partial charge >= 0.3 is 0 Å². The fraction of sp³-hybridized carbons (Fsp3) is 0.154. The third-order valence-electron chi connectivity index (χ3n) is 5.15. The Morgan fingerprint density at radius 2 is 1.84 bits per heavy atom. The number of hydrogen-bond acceptors (Lipinski definition) is 11. The predicted octanol–water partition coefficient (Wildman–Crippen LogP) is 4.11. The average molecular weight is 529 g/mol. The normalized spacial score (nSPS) is 10.4. The molecule has 0 aliphatic rings. The van der Waals surface area contributed by atoms with Crippen molar-refractivity contribution in [2.75, 3.05) is 24.3 Å². The highest BCUT2D eigenvalue weighted by Crippen LogP contribution is 2.36. The molecule has 4 aromatic rings. The number of aliphatic hydroxyl groups excluding tert-OH is 1. The molecule has 3 aromatic heterocycles. The van der Waals surface area contributed by atoms with Gasteiger partial charge < -0.3 is 20.9 Å². The van der Waals surface area contributed by atoms with Crippen LogP contribution in [0.4, 0.5) is 21.8 Å². The van der Waals surface area contributed by atoms with Crippen molar-refractivity contribution >= 4 is 29.2 Å². The Hall–Kier alpha value is -4.78. The molecule has 0 aliphatic carbocycles. The van der Waals surface area contributed by atoms with Gasteiger partial charge in [-0.25, -0.2) is 24.3 Å². The van der Waals surface area contributed by atoms with Crippen molar-refractivity contribution in [3.05, 3.63) is 77.0 Å². The molecule has 0 fully saturated rings. The molecule has 0 bridgehead atoms. The smallest absolute Gasteiger partial charge is 0.227 e. The van der Waals surface area contributed by atoms with Gasteiger partial charge in [0.25, 0.3) is 0 Å². The SMILES string of the molecule is Cc1cc(CSc2nc(N)c(C#N)c(-c3ccc(OCCO)nc3)c2C#N)nc(Nc2ccc(F)cc2)n1. The summed E-state index contributed by atoms with van der Waals surface area (Å²) in [5.41, 5.74) is 9.19. The molecule has 4 rings (SSSR count). The van der Waals surface area contributed by atoms with Crippen LogP contribution in [0.25, 0.3) is 11.1 Å². The lowest BCUT2D eigenvalue weighted by molar-refractivity contribution is 0.196. The number of pyridine rings is 2. The fourth-order valence-electron chi connectivity index (χ4n) is 3.52. The van der Waals surface area contributed by atoms with Gasteiger partial charge in [0.2, 0.25) is 11.8 Å². The van der Waals surface area contributed by atoms with Crippen LogP contribution in [0.2, 0.25) is 0 Å². The number of benzene rings is 1. The number of thioether (sulfide) groups is 1. The number of nitrogens with two attached hydrogens (primary N) is 1. The quantitative estimate of drug-likeness (QED) is 0.267. The van der Waals surface area contributed by atoms with E-state index in [2.05, 4.69) is 31.3 Å². The second-order valence-corrected chi connectivity index (χ2v) is 8.82. The molecule has 0 spiro atoms. The predicted molar refractivity (Wildman–Crippen MR) is 140 cm³/mol. The molecule has 10 nitrogen and oxygen atoms in total. The van der Waals surface area contributed by atoms with Crippen molar-refractivity contribution in [1.29, 1.82) is 10.5 Å². The number of aromatic nitrogens is 4. The summed E-state index contributed by atoms with van der Waals surface area (Å²) in [6, 6.07) is 15.1. The number of anilines is 3. The van der Waals surface area contributed by atoms with Crippen LogP contribution in [0.15, 0.2) is 53.7 Å². The van der Waals surface area contributed by atoms with Crippen LogP contribution in [0, 0.1) is 35.4 Å². The van der Waals surface area contributed by atoms with Crippen LogP contribution in [0.5, 0.6) is 5.88 Å². The zero-order valence-electron chi connectivity index (χ0n) is 20.1. The molecule has 12 heteroatoms. The number of rotatable bonds is 9. The molecule has 4 N–H and O–H groups in total. The number of nitriles is 2. The molecule has 190 valence electrons. The number of nitrogens with one attached hydrogen (secondary N) is 1. The molecule has 3 heterocycles. The first-order valence-electron chi connectivity index (χ1n) is 11.3. The van der Waals surface area contributed by atoms with Crippen LogP contribution < -0.4 is 15.8 Å². The fourth-order valence-corrected chi connectivity index (χ4v) is 4.41. The first kappa shape index (κ1) is 26.3. The number of aliphatic hydroxyl groups is 1. The highest BCUT2D eigenvalue weighted by molar-refractivity contribution is 7.98. The minimum atomic E-state index is -0.346. The van der Waals surface area contributed by atoms with E-state index in [4.69, 9.17) is 15.6 Å². The van der Waals surface area contributed by atoms with Crippen LogP contribution in [-0.2, 0) is 5.75 Å². The Bertz CT molecular complexity index is 1530. The first-order valence-corrected chi connectivity index (χ1v) is 12.2. The maximum absolute atomic E-state index is 13.2. The zero-order valence-corrected chi connectivity index (χ0v) is 21.0. The summed E-state index contributed by atoms with van der Waals surface area (Å²) < 4.78 is 18.5. The lowest BCUT2D eigenvalue weighted by Gasteiger charge is -2.13. The van der Waals surface area contributed by atoms with E-state index in [1.165, 1.54) is 30.1 Å². The van der Waals surface area contributed by atoms with E-state index < -0.39 is 0 Å². The molecule has 0 saturated heterocycles. The van der Waals surface area contributed by atoms with Crippen LogP contribution >= 0.6 is 11.8 Å². The highest BCUT2D eigenvalue weighted by atomic mass is 32.2. The number of ether oxygens (including phenoxy) is 1. The molecule has 0 saturated carbocycles. The Labute approximate surface area is 222 Å². The van der Waals surface area contributed by atoms with Crippen molar-refractivity contribution < 1.29 is 14.2 Å². The van der Waals surface area contributed by atoms with Crippen molar-refractivity contribution in [1.82, 2.24) is 19.9 Å². The van der Waals surface area contributed by atoms with Crippen molar-refractivity contribution in [3.8, 4) is 29.1 Å². The number of nitrogen functional groups attached to an aromatic ring is 1. The van der Waals surface area contributed by atoms with Gasteiger partial charge in [0.1, 0.15) is 41.0 Å². The van der Waals surface area contributed by atoms with E-state index in [0.717, 1.165) is 0 Å². The Morgan fingerprint density at radius 3 is 2.50 bits per heavy atom. The largest absolute Gasteiger partial charge is 0.475 e. The van der Waals surface area contributed by atoms with Gasteiger partial charge in [-0.2, -0.15) is 10.5 Å². The molecule has 0 radical (unpaired) electrons. The lowest BCUT2D eigenvalue weighted by Crippen LogP contribution is -2.05. The maximum atomic E-state index is 13.2. The molecule has 0 atom stereocenters. The number of hydrogen-bond donors (Lipinski definition) is 3. The summed E-state index contributed by atoms with van der Waals surface area (Å²) in [6.07, 6.45) is 1.47. The lowest BCUT2D eigenvalue weighted by atomic mass is 9.98. The monoisotopic (exact) mass is 528 g/mol. The summed E-state index contributed by atoms with van der Waals surface area (Å²) in [5, 5.41) is 32.1. The van der Waals surface area contributed by atoms with Crippen molar-refractivity contribution in [3.63, 3.8) is 0 Å². The number of halogens is 1. The third kappa shape index (κ3) is 6.13. The van der Waals surface area contributed by atoms with Crippen molar-refractivity contribution in [2.45, 2.75) is 17.7 Å². The van der Waals surface area contributed by atoms with Gasteiger partial charge in [-0.05, 0) is 43.3 Å². The maximum Gasteiger partial charge on any atom is 0.227 e. The molecule has 0 amide bonds. The van der Waals surface area contributed by atoms with Crippen molar-refractivity contribution in [2.24, 2.45) is 0 Å². The van der Waals surface area contributed by atoms with E-state index in [9.17, 15) is 14.9 Å². The molecule has 1 aromatic carbocycles. The number of nitrogens with zero attached hydrogens (tertiary/aromatic N) is 6. The standard InChI is InChI=1S/C26H21FN8O2S/c1-15-10-19(34-26(32-15)33-18-5-3-17(27)4-6-18)14-38-25-21(12-29)23(20(11-28)24(30)35-25)16-2-7-22(31-13-16)37-9-8-36/h2-7,10,13,36H,8-9,14H2,1H3,(H2,30,35)(H,32,33,34). The third-order valence-corrected chi connectivity index (χ3v) is 6.16. The Kier molecular flexibility index (Phi) is 8.28. The van der Waals surface area contributed by atoms with E-state index >= 15 is 0 Å². The van der Waals surface area contributed by atoms with E-state index in [1.807, 2.05) is 13.0 Å². The van der Waals surface area contributed by atoms with E-state index in [0.29, 0.717) is 50.8 Å². The van der Waals surface area contributed by atoms with Crippen LogP contribution in [-0.4, -0.2) is 38.3 Å². The Balaban J connectivity index is 1.63. The molecule has 0 aliphatic heterocycles. The summed E-state index contributed by atoms with van der Waals surface area (Å²) in [4.78, 5) is 17.4. The van der Waals surface area contributed by atoms with Gasteiger partial charge in [-0.3, -0.25) is 0 Å². The summed E-state index contributed by atoms with van der Waals surface area (Å²) >= 11 is 1.24. The average Bonchev–Trinajstić information content (AvgIpc) is 2.91. The van der Waals surface area contributed by atoms with E-state index in [-0.39, 0.29) is 36.0 Å². The molecular weight excluding hydrogens is 507 g/mol. The minimum Gasteiger partial charge on any atom is -0.475 e. The molecule has 0 unspecified atom stereocenters. The highest BCUT2D eigenvalue weighted by Gasteiger charge is 2.21. The van der Waals surface area contributed by atoms with Gasteiger partial charge in [0.05, 0.1) is 17.9 Å². The molecule has 38 heavy (non-hydrogen) atoms. The number of aryl methyl sites for hydroxylation is 1. The summed E-state index contributed by atoms with van der Waals surface area (Å²) in [7, 11) is 0. The second-order valence-electron chi connectivity index (χ2n) is 7.85. The first-order chi connectivity index (χ1) is 18.4. The minimum absolute atomic E-state index is 0.0119. The van der Waals surface area contributed by atoms with E-state index in [1.54, 1.807) is 30.3 Å². The summed E-state index contributed by atoms with van der Waals surface area (Å²) in [5.74, 6) is 0.611. The second kappa shape index (κ2) is 12.0. The van der Waals surface area contributed by atoms with Crippen LogP contribution in [0.1, 0.15) is 22.5 Å². The summed E-state index contributed by atoms with van der Waals surface area (Å²) in [6.45, 7) is 1.76. The topological polar surface area (TPSA) is 167 Å². The zero-order chi connectivity index (χ0) is 27.1. The Morgan fingerprint density at radius 1 is 1.08 bits per heavy atom. The molecular formula is C26H21FN8O2S. The van der Waals surface area contributed by atoms with Gasteiger partial charge in [0, 0.05) is 40.5 Å².